The Bertz CT molecular complexity index is 870. The van der Waals surface area contributed by atoms with Gasteiger partial charge in [-0.2, -0.15) is 0 Å². The highest BCUT2D eigenvalue weighted by Gasteiger charge is 2.06. The summed E-state index contributed by atoms with van der Waals surface area (Å²) in [7, 11) is 0. The van der Waals surface area contributed by atoms with E-state index in [0.717, 1.165) is 28.5 Å². The second kappa shape index (κ2) is 12.4. The zero-order chi connectivity index (χ0) is 20.9. The van der Waals surface area contributed by atoms with E-state index in [2.05, 4.69) is 11.4 Å². The molecule has 3 aromatic carbocycles. The van der Waals surface area contributed by atoms with Crippen LogP contribution in [0.1, 0.15) is 12.5 Å². The average Bonchev–Trinajstić information content (AvgIpc) is 2.80. The first-order valence-electron chi connectivity index (χ1n) is 10.3. The second-order valence-electron chi connectivity index (χ2n) is 6.51. The number of nitrogens with one attached hydrogen (secondary N) is 1. The maximum atomic E-state index is 5.96. The molecule has 0 aliphatic heterocycles. The van der Waals surface area contributed by atoms with Gasteiger partial charge in [-0.15, -0.1) is 0 Å². The molecule has 0 atom stereocenters. The topological polar surface area (TPSA) is 49.0 Å². The number of anilines is 1. The summed E-state index contributed by atoms with van der Waals surface area (Å²) in [6, 6.07) is 25.7. The molecule has 0 radical (unpaired) electrons. The summed E-state index contributed by atoms with van der Waals surface area (Å²) in [5.41, 5.74) is 2.01. The van der Waals surface area contributed by atoms with Gasteiger partial charge in [0.25, 0.3) is 0 Å². The maximum absolute atomic E-state index is 5.96. The molecule has 0 heterocycles. The molecule has 3 rings (SSSR count). The fraction of sp³-hybridized carbons (Fsp3) is 0.280. The highest BCUT2D eigenvalue weighted by atomic mass is 16.5. The summed E-state index contributed by atoms with van der Waals surface area (Å²) >= 11 is 0. The van der Waals surface area contributed by atoms with Gasteiger partial charge in [0, 0.05) is 18.7 Å². The predicted octanol–water partition coefficient (Wildman–Crippen LogP) is 5.17. The summed E-state index contributed by atoms with van der Waals surface area (Å²) in [4.78, 5) is 0. The molecule has 0 saturated heterocycles. The van der Waals surface area contributed by atoms with Crippen molar-refractivity contribution in [1.82, 2.24) is 0 Å². The van der Waals surface area contributed by atoms with E-state index in [1.54, 1.807) is 0 Å². The van der Waals surface area contributed by atoms with E-state index < -0.39 is 0 Å². The van der Waals surface area contributed by atoms with Crippen molar-refractivity contribution in [3.05, 3.63) is 84.4 Å². The fourth-order valence-electron chi connectivity index (χ4n) is 2.90. The predicted molar refractivity (Wildman–Crippen MR) is 120 cm³/mol. The molecule has 158 valence electrons. The van der Waals surface area contributed by atoms with Gasteiger partial charge in [0.15, 0.2) is 0 Å². The monoisotopic (exact) mass is 407 g/mol. The Kier molecular flexibility index (Phi) is 8.90. The lowest BCUT2D eigenvalue weighted by molar-refractivity contribution is 0.110. The third-order valence-corrected chi connectivity index (χ3v) is 4.37. The zero-order valence-electron chi connectivity index (χ0n) is 17.4. The molecular formula is C25H29NO4. The van der Waals surface area contributed by atoms with Crippen molar-refractivity contribution >= 4 is 5.69 Å². The van der Waals surface area contributed by atoms with Crippen LogP contribution in [-0.2, 0) is 11.3 Å². The smallest absolute Gasteiger partial charge is 0.142 e. The first kappa shape index (κ1) is 21.5. The van der Waals surface area contributed by atoms with E-state index in [1.165, 1.54) is 0 Å². The van der Waals surface area contributed by atoms with Crippen LogP contribution in [0.3, 0.4) is 0 Å². The quantitative estimate of drug-likeness (QED) is 0.396. The number of rotatable bonds is 13. The minimum absolute atomic E-state index is 0.475. The van der Waals surface area contributed by atoms with Gasteiger partial charge < -0.3 is 24.3 Å². The number of para-hydroxylation sites is 4. The molecule has 1 N–H and O–H groups in total. The Balaban J connectivity index is 1.51. The van der Waals surface area contributed by atoms with Crippen molar-refractivity contribution < 1.29 is 18.9 Å². The summed E-state index contributed by atoms with van der Waals surface area (Å²) < 4.78 is 22.8. The van der Waals surface area contributed by atoms with Gasteiger partial charge in [-0.05, 0) is 37.3 Å². The molecule has 0 aromatic heterocycles. The van der Waals surface area contributed by atoms with E-state index in [0.29, 0.717) is 39.6 Å². The first-order valence-corrected chi connectivity index (χ1v) is 10.3. The zero-order valence-corrected chi connectivity index (χ0v) is 17.4. The molecule has 30 heavy (non-hydrogen) atoms. The van der Waals surface area contributed by atoms with E-state index in [-0.39, 0.29) is 0 Å². The van der Waals surface area contributed by atoms with Crippen LogP contribution in [0, 0.1) is 0 Å². The highest BCUT2D eigenvalue weighted by Crippen LogP contribution is 2.26. The van der Waals surface area contributed by atoms with E-state index >= 15 is 0 Å². The standard InChI is InChI=1S/C25H29NO4/c1-2-27-16-17-30-25-15-9-7-13-23(25)26-20-21-10-6-8-14-24(21)29-19-18-28-22-11-4-3-5-12-22/h3-15,26H,2,16-20H2,1H3. The summed E-state index contributed by atoms with van der Waals surface area (Å²) in [6.45, 7) is 5.35. The lowest BCUT2D eigenvalue weighted by Crippen LogP contribution is -2.11. The average molecular weight is 408 g/mol. The van der Waals surface area contributed by atoms with Crippen molar-refractivity contribution in [3.8, 4) is 17.2 Å². The van der Waals surface area contributed by atoms with Crippen molar-refractivity contribution in [2.45, 2.75) is 13.5 Å². The number of benzene rings is 3. The second-order valence-corrected chi connectivity index (χ2v) is 6.51. The van der Waals surface area contributed by atoms with Gasteiger partial charge in [0.2, 0.25) is 0 Å². The molecule has 0 bridgehead atoms. The highest BCUT2D eigenvalue weighted by molar-refractivity contribution is 5.56. The maximum Gasteiger partial charge on any atom is 0.142 e. The molecule has 0 saturated carbocycles. The summed E-state index contributed by atoms with van der Waals surface area (Å²) in [5.74, 6) is 2.50. The van der Waals surface area contributed by atoms with Crippen molar-refractivity contribution in [2.24, 2.45) is 0 Å². The van der Waals surface area contributed by atoms with Crippen LogP contribution in [-0.4, -0.2) is 33.0 Å². The van der Waals surface area contributed by atoms with Crippen molar-refractivity contribution in [3.63, 3.8) is 0 Å². The van der Waals surface area contributed by atoms with E-state index in [4.69, 9.17) is 18.9 Å². The Morgan fingerprint density at radius 2 is 1.27 bits per heavy atom. The third kappa shape index (κ3) is 7.01. The van der Waals surface area contributed by atoms with Crippen LogP contribution in [0.4, 0.5) is 5.69 Å². The SMILES string of the molecule is CCOCCOc1ccccc1NCc1ccccc1OCCOc1ccccc1. The molecule has 0 amide bonds. The van der Waals surface area contributed by atoms with E-state index in [1.807, 2.05) is 79.7 Å². The minimum Gasteiger partial charge on any atom is -0.490 e. The van der Waals surface area contributed by atoms with Crippen LogP contribution in [0.15, 0.2) is 78.9 Å². The third-order valence-electron chi connectivity index (χ3n) is 4.37. The normalized spacial score (nSPS) is 10.4. The Hall–Kier alpha value is -3.18. The van der Waals surface area contributed by atoms with E-state index in [9.17, 15) is 0 Å². The summed E-state index contributed by atoms with van der Waals surface area (Å²) in [6.07, 6.45) is 0. The van der Waals surface area contributed by atoms with Crippen LogP contribution >= 0.6 is 0 Å². The summed E-state index contributed by atoms with van der Waals surface area (Å²) in [5, 5.41) is 3.45. The largest absolute Gasteiger partial charge is 0.490 e. The lowest BCUT2D eigenvalue weighted by atomic mass is 10.2. The molecule has 0 aliphatic rings. The molecule has 5 heteroatoms. The number of hydrogen-bond donors (Lipinski definition) is 1. The van der Waals surface area contributed by atoms with Crippen LogP contribution in [0.2, 0.25) is 0 Å². The van der Waals surface area contributed by atoms with Crippen molar-refractivity contribution in [1.29, 1.82) is 0 Å². The number of hydrogen-bond acceptors (Lipinski definition) is 5. The Morgan fingerprint density at radius 3 is 2.10 bits per heavy atom. The molecule has 0 spiro atoms. The fourth-order valence-corrected chi connectivity index (χ4v) is 2.90. The Labute approximate surface area is 178 Å². The molecule has 0 unspecified atom stereocenters. The van der Waals surface area contributed by atoms with Gasteiger partial charge in [0.1, 0.15) is 37.1 Å². The van der Waals surface area contributed by atoms with Crippen molar-refractivity contribution in [2.75, 3.05) is 38.4 Å². The van der Waals surface area contributed by atoms with Crippen LogP contribution in [0.5, 0.6) is 17.2 Å². The van der Waals surface area contributed by atoms with Gasteiger partial charge >= 0.3 is 0 Å². The van der Waals surface area contributed by atoms with Crippen LogP contribution in [0.25, 0.3) is 0 Å². The van der Waals surface area contributed by atoms with Gasteiger partial charge in [-0.1, -0.05) is 48.5 Å². The molecular weight excluding hydrogens is 378 g/mol. The molecule has 0 fully saturated rings. The Morgan fingerprint density at radius 1 is 0.633 bits per heavy atom. The van der Waals surface area contributed by atoms with Gasteiger partial charge in [-0.3, -0.25) is 0 Å². The minimum atomic E-state index is 0.475. The van der Waals surface area contributed by atoms with Gasteiger partial charge in [0.05, 0.1) is 12.3 Å². The first-order chi connectivity index (χ1) is 14.9. The molecule has 3 aromatic rings. The van der Waals surface area contributed by atoms with Gasteiger partial charge in [-0.25, -0.2) is 0 Å². The molecule has 0 aliphatic carbocycles. The molecule has 5 nitrogen and oxygen atoms in total. The van der Waals surface area contributed by atoms with Crippen LogP contribution < -0.4 is 19.5 Å². The lowest BCUT2D eigenvalue weighted by Gasteiger charge is -2.15. The number of ether oxygens (including phenoxy) is 4.